The molecule has 29 heavy (non-hydrogen) atoms. The summed E-state index contributed by atoms with van der Waals surface area (Å²) in [7, 11) is 0. The standard InChI is InChI=1S/C23H21N3O3/c1-15(2)29-18-11-9-16(10-12-18)13-24-25-21(27)14-26-20-8-4-6-17-5-3-7-19(22(17)20)23(26)28/h3-13,15H,14H2,1-2H3,(H,25,27)/b24-13+. The van der Waals surface area contributed by atoms with Crippen LogP contribution in [0.15, 0.2) is 65.8 Å². The second-order valence-electron chi connectivity index (χ2n) is 7.10. The van der Waals surface area contributed by atoms with Gasteiger partial charge in [-0.25, -0.2) is 5.43 Å². The summed E-state index contributed by atoms with van der Waals surface area (Å²) in [4.78, 5) is 26.5. The van der Waals surface area contributed by atoms with Crippen molar-refractivity contribution in [3.63, 3.8) is 0 Å². The van der Waals surface area contributed by atoms with E-state index >= 15 is 0 Å². The molecule has 1 aliphatic heterocycles. The Kier molecular flexibility index (Phi) is 4.99. The fourth-order valence-corrected chi connectivity index (χ4v) is 3.40. The second kappa shape index (κ2) is 7.75. The van der Waals surface area contributed by atoms with E-state index in [1.807, 2.05) is 68.4 Å². The van der Waals surface area contributed by atoms with Crippen LogP contribution < -0.4 is 15.1 Å². The second-order valence-corrected chi connectivity index (χ2v) is 7.10. The molecule has 0 saturated heterocycles. The van der Waals surface area contributed by atoms with Gasteiger partial charge in [-0.2, -0.15) is 5.10 Å². The average molecular weight is 387 g/mol. The first kappa shape index (κ1) is 18.7. The van der Waals surface area contributed by atoms with E-state index in [0.29, 0.717) is 5.56 Å². The van der Waals surface area contributed by atoms with Gasteiger partial charge in [0.2, 0.25) is 0 Å². The van der Waals surface area contributed by atoms with Crippen molar-refractivity contribution in [3.8, 4) is 5.75 Å². The molecule has 1 aliphatic rings. The van der Waals surface area contributed by atoms with E-state index in [2.05, 4.69) is 10.5 Å². The topological polar surface area (TPSA) is 71.0 Å². The van der Waals surface area contributed by atoms with Crippen molar-refractivity contribution in [2.45, 2.75) is 20.0 Å². The van der Waals surface area contributed by atoms with Crippen LogP contribution in [0, 0.1) is 0 Å². The highest BCUT2D eigenvalue weighted by Crippen LogP contribution is 2.36. The predicted octanol–water partition coefficient (Wildman–Crippen LogP) is 3.74. The summed E-state index contributed by atoms with van der Waals surface area (Å²) in [6.45, 7) is 3.84. The van der Waals surface area contributed by atoms with Crippen LogP contribution in [-0.4, -0.2) is 30.7 Å². The maximum Gasteiger partial charge on any atom is 0.260 e. The molecule has 146 valence electrons. The number of nitrogens with zero attached hydrogens (tertiary/aromatic N) is 2. The molecule has 3 aromatic carbocycles. The molecule has 1 heterocycles. The molecule has 0 fully saturated rings. The van der Waals surface area contributed by atoms with Crippen LogP contribution in [0.1, 0.15) is 29.8 Å². The fraction of sp³-hybridized carbons (Fsp3) is 0.174. The summed E-state index contributed by atoms with van der Waals surface area (Å²) < 4.78 is 5.60. The molecule has 0 aliphatic carbocycles. The smallest absolute Gasteiger partial charge is 0.260 e. The number of benzene rings is 3. The van der Waals surface area contributed by atoms with E-state index in [4.69, 9.17) is 4.74 Å². The number of nitrogens with one attached hydrogen (secondary N) is 1. The lowest BCUT2D eigenvalue weighted by Crippen LogP contribution is -2.37. The first-order valence-corrected chi connectivity index (χ1v) is 9.45. The summed E-state index contributed by atoms with van der Waals surface area (Å²) in [5.41, 5.74) is 4.70. The largest absolute Gasteiger partial charge is 0.491 e. The van der Waals surface area contributed by atoms with Gasteiger partial charge in [0.15, 0.2) is 0 Å². The monoisotopic (exact) mass is 387 g/mol. The van der Waals surface area contributed by atoms with E-state index < -0.39 is 0 Å². The molecule has 0 radical (unpaired) electrons. The molecule has 0 spiro atoms. The SMILES string of the molecule is CC(C)Oc1ccc(/C=N/NC(=O)CN2C(=O)c3cccc4cccc2c34)cc1. The van der Waals surface area contributed by atoms with Gasteiger partial charge in [0, 0.05) is 10.9 Å². The van der Waals surface area contributed by atoms with Crippen LogP contribution in [0.5, 0.6) is 5.75 Å². The van der Waals surface area contributed by atoms with Crippen molar-refractivity contribution < 1.29 is 14.3 Å². The van der Waals surface area contributed by atoms with Crippen molar-refractivity contribution in [2.24, 2.45) is 5.10 Å². The Morgan fingerprint density at radius 2 is 1.83 bits per heavy atom. The molecular weight excluding hydrogens is 366 g/mol. The van der Waals surface area contributed by atoms with Gasteiger partial charge in [-0.3, -0.25) is 14.5 Å². The molecule has 1 N–H and O–H groups in total. The number of carbonyl (C=O) groups excluding carboxylic acids is 2. The number of hydrazone groups is 1. The lowest BCUT2D eigenvalue weighted by atomic mass is 10.1. The van der Waals surface area contributed by atoms with Gasteiger partial charge in [0.25, 0.3) is 11.8 Å². The zero-order valence-corrected chi connectivity index (χ0v) is 16.3. The van der Waals surface area contributed by atoms with Crippen LogP contribution in [0.25, 0.3) is 10.8 Å². The highest BCUT2D eigenvalue weighted by molar-refractivity contribution is 6.26. The van der Waals surface area contributed by atoms with Gasteiger partial charge >= 0.3 is 0 Å². The van der Waals surface area contributed by atoms with Crippen LogP contribution in [-0.2, 0) is 4.79 Å². The third kappa shape index (κ3) is 3.82. The van der Waals surface area contributed by atoms with Crippen LogP contribution in [0.3, 0.4) is 0 Å². The van der Waals surface area contributed by atoms with Gasteiger partial charge in [-0.1, -0.05) is 24.3 Å². The summed E-state index contributed by atoms with van der Waals surface area (Å²) >= 11 is 0. The van der Waals surface area contributed by atoms with Crippen LogP contribution in [0.2, 0.25) is 0 Å². The normalized spacial score (nSPS) is 12.9. The minimum Gasteiger partial charge on any atom is -0.491 e. The lowest BCUT2D eigenvalue weighted by Gasteiger charge is -2.16. The number of carbonyl (C=O) groups is 2. The van der Waals surface area contributed by atoms with E-state index in [0.717, 1.165) is 27.8 Å². The predicted molar refractivity (Wildman–Crippen MR) is 114 cm³/mol. The van der Waals surface area contributed by atoms with E-state index in [1.165, 1.54) is 4.90 Å². The molecule has 3 aromatic rings. The maximum atomic E-state index is 12.7. The lowest BCUT2D eigenvalue weighted by molar-refractivity contribution is -0.119. The van der Waals surface area contributed by atoms with E-state index in [1.54, 1.807) is 12.3 Å². The number of ether oxygens (including phenoxy) is 1. The Hall–Kier alpha value is -3.67. The Balaban J connectivity index is 1.40. The molecule has 0 aromatic heterocycles. The van der Waals surface area contributed by atoms with Crippen molar-refractivity contribution >= 4 is 34.5 Å². The van der Waals surface area contributed by atoms with Crippen molar-refractivity contribution in [2.75, 3.05) is 11.4 Å². The molecular formula is C23H21N3O3. The number of anilines is 1. The van der Waals surface area contributed by atoms with Gasteiger partial charge < -0.3 is 4.74 Å². The Morgan fingerprint density at radius 3 is 2.55 bits per heavy atom. The van der Waals surface area contributed by atoms with Gasteiger partial charge in [0.05, 0.1) is 18.0 Å². The summed E-state index contributed by atoms with van der Waals surface area (Å²) in [5, 5.41) is 5.87. The summed E-state index contributed by atoms with van der Waals surface area (Å²) in [6.07, 6.45) is 1.66. The molecule has 4 rings (SSSR count). The molecule has 0 saturated carbocycles. The van der Waals surface area contributed by atoms with Crippen LogP contribution >= 0.6 is 0 Å². The number of hydrogen-bond acceptors (Lipinski definition) is 4. The first-order chi connectivity index (χ1) is 14.0. The zero-order chi connectivity index (χ0) is 20.4. The Labute approximate surface area is 168 Å². The number of rotatable bonds is 6. The summed E-state index contributed by atoms with van der Waals surface area (Å²) in [6, 6.07) is 18.7. The third-order valence-corrected chi connectivity index (χ3v) is 4.61. The third-order valence-electron chi connectivity index (χ3n) is 4.61. The molecule has 0 unspecified atom stereocenters. The minimum atomic E-state index is -0.362. The highest BCUT2D eigenvalue weighted by atomic mass is 16.5. The van der Waals surface area contributed by atoms with Crippen molar-refractivity contribution in [1.29, 1.82) is 0 Å². The molecule has 0 atom stereocenters. The molecule has 0 bridgehead atoms. The van der Waals surface area contributed by atoms with E-state index in [-0.39, 0.29) is 24.5 Å². The van der Waals surface area contributed by atoms with Gasteiger partial charge in [-0.05, 0) is 61.2 Å². The first-order valence-electron chi connectivity index (χ1n) is 9.45. The molecule has 6 heteroatoms. The average Bonchev–Trinajstić information content (AvgIpc) is 2.97. The van der Waals surface area contributed by atoms with Gasteiger partial charge in [0.1, 0.15) is 12.3 Å². The number of hydrogen-bond donors (Lipinski definition) is 1. The maximum absolute atomic E-state index is 12.7. The Bertz CT molecular complexity index is 1100. The number of amides is 2. The fourth-order valence-electron chi connectivity index (χ4n) is 3.40. The summed E-state index contributed by atoms with van der Waals surface area (Å²) in [5.74, 6) is 0.248. The minimum absolute atomic E-state index is 0.0921. The van der Waals surface area contributed by atoms with Crippen molar-refractivity contribution in [1.82, 2.24) is 5.43 Å². The van der Waals surface area contributed by atoms with E-state index in [9.17, 15) is 9.59 Å². The Morgan fingerprint density at radius 1 is 1.10 bits per heavy atom. The zero-order valence-electron chi connectivity index (χ0n) is 16.3. The molecule has 2 amide bonds. The van der Waals surface area contributed by atoms with Crippen LogP contribution in [0.4, 0.5) is 5.69 Å². The van der Waals surface area contributed by atoms with Crippen molar-refractivity contribution in [3.05, 3.63) is 71.8 Å². The quantitative estimate of drug-likeness (QED) is 0.517. The molecule has 6 nitrogen and oxygen atoms in total. The van der Waals surface area contributed by atoms with Gasteiger partial charge in [-0.15, -0.1) is 0 Å². The highest BCUT2D eigenvalue weighted by Gasteiger charge is 2.30.